The first-order chi connectivity index (χ1) is 8.77. The average Bonchev–Trinajstić information content (AvgIpc) is 2.42. The summed E-state index contributed by atoms with van der Waals surface area (Å²) in [5.74, 6) is 0. The molecule has 1 aliphatic heterocycles. The highest BCUT2D eigenvalue weighted by molar-refractivity contribution is 5.46. The van der Waals surface area contributed by atoms with Crippen LogP contribution in [0, 0.1) is 0 Å². The number of aryl methyl sites for hydroxylation is 1. The Morgan fingerprint density at radius 3 is 2.72 bits per heavy atom. The second-order valence-corrected chi connectivity index (χ2v) is 5.13. The fourth-order valence-corrected chi connectivity index (χ4v) is 2.59. The minimum Gasteiger partial charge on any atom is -0.399 e. The number of ether oxygens (including phenoxy) is 1. The van der Waals surface area contributed by atoms with Crippen LogP contribution in [0.25, 0.3) is 0 Å². The lowest BCUT2D eigenvalue weighted by Gasteiger charge is -2.31. The smallest absolute Gasteiger partial charge is 0.0480 e. The molecular weight excluding hydrogens is 224 g/mol. The van der Waals surface area contributed by atoms with Gasteiger partial charge in [-0.25, -0.2) is 0 Å². The Balaban J connectivity index is 1.73. The molecule has 0 saturated carbocycles. The molecule has 1 heterocycles. The van der Waals surface area contributed by atoms with Crippen molar-refractivity contribution in [2.45, 2.75) is 31.7 Å². The van der Waals surface area contributed by atoms with Gasteiger partial charge in [0.15, 0.2) is 0 Å². The molecule has 2 rings (SSSR count). The van der Waals surface area contributed by atoms with Gasteiger partial charge in [-0.2, -0.15) is 0 Å². The molecule has 1 aliphatic rings. The van der Waals surface area contributed by atoms with E-state index in [2.05, 4.69) is 24.1 Å². The number of anilines is 1. The van der Waals surface area contributed by atoms with Crippen molar-refractivity contribution in [3.05, 3.63) is 29.8 Å². The van der Waals surface area contributed by atoms with Gasteiger partial charge in [-0.15, -0.1) is 0 Å². The van der Waals surface area contributed by atoms with E-state index in [1.807, 2.05) is 12.1 Å². The second-order valence-electron chi connectivity index (χ2n) is 5.13. The number of benzene rings is 1. The monoisotopic (exact) mass is 248 g/mol. The summed E-state index contributed by atoms with van der Waals surface area (Å²) in [6.07, 6.45) is 4.58. The molecule has 18 heavy (non-hydrogen) atoms. The number of hydrogen-bond donors (Lipinski definition) is 1. The van der Waals surface area contributed by atoms with Crippen LogP contribution >= 0.6 is 0 Å². The number of rotatable bonds is 5. The van der Waals surface area contributed by atoms with Crippen molar-refractivity contribution in [1.29, 1.82) is 0 Å². The normalized spacial score (nSPS) is 17.2. The van der Waals surface area contributed by atoms with Crippen LogP contribution in [0.15, 0.2) is 24.3 Å². The standard InChI is InChI=1S/C15H24N2O/c1-17(14-8-11-18-12-9-14)10-4-6-13-5-2-3-7-15(13)16/h2-3,5,7,14H,4,6,8-12,16H2,1H3. The summed E-state index contributed by atoms with van der Waals surface area (Å²) in [5.41, 5.74) is 8.15. The zero-order chi connectivity index (χ0) is 12.8. The largest absolute Gasteiger partial charge is 0.399 e. The van der Waals surface area contributed by atoms with Crippen LogP contribution in [0.4, 0.5) is 5.69 Å². The number of nitrogens with two attached hydrogens (primary N) is 1. The van der Waals surface area contributed by atoms with Crippen molar-refractivity contribution in [3.8, 4) is 0 Å². The lowest BCUT2D eigenvalue weighted by Crippen LogP contribution is -2.37. The van der Waals surface area contributed by atoms with Gasteiger partial charge in [-0.05, 0) is 50.9 Å². The second kappa shape index (κ2) is 6.76. The summed E-state index contributed by atoms with van der Waals surface area (Å²) in [4.78, 5) is 2.47. The van der Waals surface area contributed by atoms with Gasteiger partial charge in [-0.3, -0.25) is 0 Å². The maximum absolute atomic E-state index is 5.95. The number of para-hydroxylation sites is 1. The van der Waals surface area contributed by atoms with E-state index in [1.165, 1.54) is 24.8 Å². The van der Waals surface area contributed by atoms with E-state index < -0.39 is 0 Å². The van der Waals surface area contributed by atoms with Gasteiger partial charge in [-0.1, -0.05) is 18.2 Å². The van der Waals surface area contributed by atoms with Crippen molar-refractivity contribution < 1.29 is 4.74 Å². The summed E-state index contributed by atoms with van der Waals surface area (Å²) in [6.45, 7) is 2.97. The Labute approximate surface area is 110 Å². The van der Waals surface area contributed by atoms with E-state index >= 15 is 0 Å². The fraction of sp³-hybridized carbons (Fsp3) is 0.600. The van der Waals surface area contributed by atoms with Crippen molar-refractivity contribution in [3.63, 3.8) is 0 Å². The fourth-order valence-electron chi connectivity index (χ4n) is 2.59. The summed E-state index contributed by atoms with van der Waals surface area (Å²) in [6, 6.07) is 8.87. The first-order valence-electron chi connectivity index (χ1n) is 6.89. The Morgan fingerprint density at radius 1 is 1.28 bits per heavy atom. The van der Waals surface area contributed by atoms with E-state index in [1.54, 1.807) is 0 Å². The molecule has 0 spiro atoms. The number of hydrogen-bond acceptors (Lipinski definition) is 3. The van der Waals surface area contributed by atoms with Crippen LogP contribution in [-0.2, 0) is 11.2 Å². The molecule has 0 radical (unpaired) electrons. The van der Waals surface area contributed by atoms with Gasteiger partial charge in [0.2, 0.25) is 0 Å². The summed E-state index contributed by atoms with van der Waals surface area (Å²) in [7, 11) is 2.23. The minimum atomic E-state index is 0.701. The van der Waals surface area contributed by atoms with Gasteiger partial charge in [0, 0.05) is 24.9 Å². The highest BCUT2D eigenvalue weighted by atomic mass is 16.5. The third kappa shape index (κ3) is 3.72. The van der Waals surface area contributed by atoms with Crippen LogP contribution in [0.2, 0.25) is 0 Å². The van der Waals surface area contributed by atoms with E-state index in [-0.39, 0.29) is 0 Å². The quantitative estimate of drug-likeness (QED) is 0.813. The molecule has 1 aromatic rings. The highest BCUT2D eigenvalue weighted by Gasteiger charge is 2.17. The highest BCUT2D eigenvalue weighted by Crippen LogP contribution is 2.15. The Morgan fingerprint density at radius 2 is 2.00 bits per heavy atom. The summed E-state index contributed by atoms with van der Waals surface area (Å²) in [5, 5.41) is 0. The molecule has 0 aromatic heterocycles. The molecule has 3 heteroatoms. The molecule has 0 bridgehead atoms. The molecule has 100 valence electrons. The lowest BCUT2D eigenvalue weighted by atomic mass is 10.1. The average molecular weight is 248 g/mol. The van der Waals surface area contributed by atoms with Gasteiger partial charge < -0.3 is 15.4 Å². The third-order valence-corrected chi connectivity index (χ3v) is 3.83. The molecule has 2 N–H and O–H groups in total. The molecule has 1 saturated heterocycles. The van der Waals surface area contributed by atoms with E-state index in [4.69, 9.17) is 10.5 Å². The van der Waals surface area contributed by atoms with Gasteiger partial charge in [0.1, 0.15) is 0 Å². The van der Waals surface area contributed by atoms with Crippen LogP contribution in [0.1, 0.15) is 24.8 Å². The number of nitrogens with zero attached hydrogens (tertiary/aromatic N) is 1. The Bertz CT molecular complexity index is 361. The molecule has 0 atom stereocenters. The Hall–Kier alpha value is -1.06. The maximum Gasteiger partial charge on any atom is 0.0480 e. The van der Waals surface area contributed by atoms with Crippen molar-refractivity contribution in [2.75, 3.05) is 32.5 Å². The van der Waals surface area contributed by atoms with Crippen LogP contribution < -0.4 is 5.73 Å². The molecule has 1 fully saturated rings. The number of nitrogen functional groups attached to an aromatic ring is 1. The SMILES string of the molecule is CN(CCCc1ccccc1N)C1CCOCC1. The molecule has 0 unspecified atom stereocenters. The minimum absolute atomic E-state index is 0.701. The van der Waals surface area contributed by atoms with E-state index in [9.17, 15) is 0 Å². The molecule has 3 nitrogen and oxygen atoms in total. The Kier molecular flexibility index (Phi) is 5.02. The summed E-state index contributed by atoms with van der Waals surface area (Å²) >= 11 is 0. The summed E-state index contributed by atoms with van der Waals surface area (Å²) < 4.78 is 5.40. The van der Waals surface area contributed by atoms with Crippen LogP contribution in [-0.4, -0.2) is 37.7 Å². The van der Waals surface area contributed by atoms with Gasteiger partial charge >= 0.3 is 0 Å². The molecule has 0 aliphatic carbocycles. The molecule has 0 amide bonds. The van der Waals surface area contributed by atoms with Gasteiger partial charge in [0.05, 0.1) is 0 Å². The predicted octanol–water partition coefficient (Wildman–Crippen LogP) is 2.31. The predicted molar refractivity (Wildman–Crippen MR) is 75.6 cm³/mol. The molecular formula is C15H24N2O. The van der Waals surface area contributed by atoms with Crippen molar-refractivity contribution in [1.82, 2.24) is 4.90 Å². The van der Waals surface area contributed by atoms with Crippen molar-refractivity contribution >= 4 is 5.69 Å². The van der Waals surface area contributed by atoms with E-state index in [0.29, 0.717) is 6.04 Å². The third-order valence-electron chi connectivity index (χ3n) is 3.83. The zero-order valence-electron chi connectivity index (χ0n) is 11.3. The van der Waals surface area contributed by atoms with Crippen LogP contribution in [0.5, 0.6) is 0 Å². The zero-order valence-corrected chi connectivity index (χ0v) is 11.3. The lowest BCUT2D eigenvalue weighted by molar-refractivity contribution is 0.0428. The first-order valence-corrected chi connectivity index (χ1v) is 6.89. The molecule has 1 aromatic carbocycles. The maximum atomic E-state index is 5.95. The van der Waals surface area contributed by atoms with Crippen LogP contribution in [0.3, 0.4) is 0 Å². The van der Waals surface area contributed by atoms with E-state index in [0.717, 1.165) is 31.9 Å². The topological polar surface area (TPSA) is 38.5 Å². The van der Waals surface area contributed by atoms with Gasteiger partial charge in [0.25, 0.3) is 0 Å². The first kappa shape index (κ1) is 13.4. The van der Waals surface area contributed by atoms with Crippen molar-refractivity contribution in [2.24, 2.45) is 0 Å².